The second-order valence-electron chi connectivity index (χ2n) is 4.16. The third kappa shape index (κ3) is 3.56. The molecule has 0 fully saturated rings. The van der Waals surface area contributed by atoms with Crippen LogP contribution >= 0.6 is 0 Å². The van der Waals surface area contributed by atoms with Crippen LogP contribution in [-0.2, 0) is 13.0 Å². The molecule has 2 N–H and O–H groups in total. The lowest BCUT2D eigenvalue weighted by molar-refractivity contribution is 0.286. The fraction of sp³-hybridized carbons (Fsp3) is 0.385. The van der Waals surface area contributed by atoms with Gasteiger partial charge in [0.25, 0.3) is 0 Å². The molecule has 0 bridgehead atoms. The summed E-state index contributed by atoms with van der Waals surface area (Å²) in [7, 11) is 0. The number of ether oxygens (including phenoxy) is 1. The van der Waals surface area contributed by atoms with Crippen LogP contribution in [0.5, 0.6) is 5.75 Å². The molecule has 2 aromatic rings. The van der Waals surface area contributed by atoms with Gasteiger partial charge in [-0.2, -0.15) is 4.98 Å². The summed E-state index contributed by atoms with van der Waals surface area (Å²) >= 11 is 0. The van der Waals surface area contributed by atoms with E-state index in [9.17, 15) is 0 Å². The SMILES string of the molecule is CCC(N)Cc1cccc(OCc2ncon2)c1. The van der Waals surface area contributed by atoms with Crippen molar-refractivity contribution >= 4 is 0 Å². The zero-order chi connectivity index (χ0) is 12.8. The molecule has 0 aliphatic heterocycles. The fourth-order valence-corrected chi connectivity index (χ4v) is 1.61. The molecule has 1 atom stereocenters. The molecular formula is C13H17N3O2. The lowest BCUT2D eigenvalue weighted by Crippen LogP contribution is -2.21. The van der Waals surface area contributed by atoms with E-state index in [-0.39, 0.29) is 6.04 Å². The van der Waals surface area contributed by atoms with Gasteiger partial charge in [-0.05, 0) is 30.5 Å². The average Bonchev–Trinajstić information content (AvgIpc) is 2.90. The van der Waals surface area contributed by atoms with Gasteiger partial charge in [-0.15, -0.1) is 0 Å². The molecule has 0 saturated heterocycles. The van der Waals surface area contributed by atoms with E-state index >= 15 is 0 Å². The van der Waals surface area contributed by atoms with Crippen molar-refractivity contribution < 1.29 is 9.26 Å². The molecule has 1 aromatic carbocycles. The molecule has 96 valence electrons. The number of hydrogen-bond donors (Lipinski definition) is 1. The Labute approximate surface area is 106 Å². The van der Waals surface area contributed by atoms with E-state index in [1.807, 2.05) is 18.2 Å². The molecule has 0 radical (unpaired) electrons. The quantitative estimate of drug-likeness (QED) is 0.844. The van der Waals surface area contributed by atoms with Crippen molar-refractivity contribution in [1.29, 1.82) is 0 Å². The van der Waals surface area contributed by atoms with Crippen molar-refractivity contribution in [3.05, 3.63) is 42.0 Å². The predicted molar refractivity (Wildman–Crippen MR) is 67.0 cm³/mol. The van der Waals surface area contributed by atoms with E-state index in [2.05, 4.69) is 27.7 Å². The van der Waals surface area contributed by atoms with E-state index in [1.165, 1.54) is 12.0 Å². The Morgan fingerprint density at radius 3 is 3.06 bits per heavy atom. The number of nitrogens with two attached hydrogens (primary N) is 1. The Morgan fingerprint density at radius 1 is 1.44 bits per heavy atom. The van der Waals surface area contributed by atoms with Crippen LogP contribution in [0.2, 0.25) is 0 Å². The van der Waals surface area contributed by atoms with Crippen LogP contribution in [0, 0.1) is 0 Å². The molecule has 18 heavy (non-hydrogen) atoms. The van der Waals surface area contributed by atoms with Gasteiger partial charge in [0, 0.05) is 6.04 Å². The van der Waals surface area contributed by atoms with Crippen molar-refractivity contribution in [3.63, 3.8) is 0 Å². The van der Waals surface area contributed by atoms with Crippen LogP contribution < -0.4 is 10.5 Å². The van der Waals surface area contributed by atoms with Crippen LogP contribution in [0.1, 0.15) is 24.7 Å². The van der Waals surface area contributed by atoms with Gasteiger partial charge < -0.3 is 15.0 Å². The number of aromatic nitrogens is 2. The minimum Gasteiger partial charge on any atom is -0.485 e. The Balaban J connectivity index is 1.94. The van der Waals surface area contributed by atoms with Crippen molar-refractivity contribution in [2.75, 3.05) is 0 Å². The monoisotopic (exact) mass is 247 g/mol. The second kappa shape index (κ2) is 6.16. The standard InChI is InChI=1S/C13H17N3O2/c1-2-11(14)6-10-4-3-5-12(7-10)17-8-13-15-9-18-16-13/h3-5,7,9,11H,2,6,8,14H2,1H3. The topological polar surface area (TPSA) is 74.2 Å². The summed E-state index contributed by atoms with van der Waals surface area (Å²) in [5, 5.41) is 3.68. The summed E-state index contributed by atoms with van der Waals surface area (Å²) in [5.74, 6) is 1.33. The second-order valence-corrected chi connectivity index (χ2v) is 4.16. The molecule has 5 heteroatoms. The highest BCUT2D eigenvalue weighted by Gasteiger charge is 2.04. The molecule has 0 spiro atoms. The van der Waals surface area contributed by atoms with Gasteiger partial charge in [-0.1, -0.05) is 24.2 Å². The van der Waals surface area contributed by atoms with Crippen molar-refractivity contribution in [3.8, 4) is 5.75 Å². The minimum atomic E-state index is 0.192. The number of rotatable bonds is 6. The Bertz CT molecular complexity index is 471. The van der Waals surface area contributed by atoms with Gasteiger partial charge in [-0.3, -0.25) is 0 Å². The van der Waals surface area contributed by atoms with Gasteiger partial charge in [0.1, 0.15) is 5.75 Å². The van der Waals surface area contributed by atoms with Crippen LogP contribution in [0.4, 0.5) is 0 Å². The van der Waals surface area contributed by atoms with E-state index in [1.54, 1.807) is 0 Å². The Hall–Kier alpha value is -1.88. The third-order valence-electron chi connectivity index (χ3n) is 2.70. The highest BCUT2D eigenvalue weighted by Crippen LogP contribution is 2.15. The van der Waals surface area contributed by atoms with Gasteiger partial charge in [0.2, 0.25) is 12.2 Å². The fourth-order valence-electron chi connectivity index (χ4n) is 1.61. The van der Waals surface area contributed by atoms with Gasteiger partial charge in [0.05, 0.1) is 0 Å². The first-order valence-electron chi connectivity index (χ1n) is 6.00. The van der Waals surface area contributed by atoms with Crippen LogP contribution in [0.3, 0.4) is 0 Å². The molecule has 0 aliphatic rings. The summed E-state index contributed by atoms with van der Waals surface area (Å²) < 4.78 is 10.2. The number of nitrogens with zero attached hydrogens (tertiary/aromatic N) is 2. The van der Waals surface area contributed by atoms with Crippen molar-refractivity contribution in [2.45, 2.75) is 32.4 Å². The lowest BCUT2D eigenvalue weighted by atomic mass is 10.0. The van der Waals surface area contributed by atoms with Crippen molar-refractivity contribution in [2.24, 2.45) is 5.73 Å². The van der Waals surface area contributed by atoms with Crippen LogP contribution in [0.25, 0.3) is 0 Å². The Morgan fingerprint density at radius 2 is 2.33 bits per heavy atom. The summed E-state index contributed by atoms with van der Waals surface area (Å²) in [6, 6.07) is 8.11. The van der Waals surface area contributed by atoms with E-state index in [0.29, 0.717) is 12.4 Å². The molecule has 1 heterocycles. The minimum absolute atomic E-state index is 0.192. The molecule has 0 saturated carbocycles. The van der Waals surface area contributed by atoms with Gasteiger partial charge in [0.15, 0.2) is 6.61 Å². The first kappa shape index (κ1) is 12.6. The normalized spacial score (nSPS) is 12.3. The lowest BCUT2D eigenvalue weighted by Gasteiger charge is -2.10. The maximum Gasteiger partial charge on any atom is 0.213 e. The van der Waals surface area contributed by atoms with E-state index in [4.69, 9.17) is 10.5 Å². The van der Waals surface area contributed by atoms with E-state index in [0.717, 1.165) is 18.6 Å². The average molecular weight is 247 g/mol. The van der Waals surface area contributed by atoms with Crippen LogP contribution in [0.15, 0.2) is 35.2 Å². The molecule has 1 unspecified atom stereocenters. The summed E-state index contributed by atoms with van der Waals surface area (Å²) in [5.41, 5.74) is 7.11. The van der Waals surface area contributed by atoms with Crippen LogP contribution in [-0.4, -0.2) is 16.2 Å². The van der Waals surface area contributed by atoms with Gasteiger partial charge >= 0.3 is 0 Å². The number of hydrogen-bond acceptors (Lipinski definition) is 5. The Kier molecular flexibility index (Phi) is 4.30. The van der Waals surface area contributed by atoms with Gasteiger partial charge in [-0.25, -0.2) is 0 Å². The summed E-state index contributed by atoms with van der Waals surface area (Å²) in [6.07, 6.45) is 3.11. The zero-order valence-corrected chi connectivity index (χ0v) is 10.4. The summed E-state index contributed by atoms with van der Waals surface area (Å²) in [4.78, 5) is 3.89. The smallest absolute Gasteiger partial charge is 0.213 e. The molecule has 0 amide bonds. The predicted octanol–water partition coefficient (Wildman–Crippen LogP) is 1.93. The molecule has 0 aliphatic carbocycles. The molecule has 1 aromatic heterocycles. The third-order valence-corrected chi connectivity index (χ3v) is 2.70. The first-order chi connectivity index (χ1) is 8.78. The van der Waals surface area contributed by atoms with Crippen molar-refractivity contribution in [1.82, 2.24) is 10.1 Å². The van der Waals surface area contributed by atoms with E-state index < -0.39 is 0 Å². The number of benzene rings is 1. The largest absolute Gasteiger partial charge is 0.485 e. The highest BCUT2D eigenvalue weighted by atomic mass is 16.5. The molecule has 5 nitrogen and oxygen atoms in total. The maximum atomic E-state index is 5.93. The molecular weight excluding hydrogens is 230 g/mol. The highest BCUT2D eigenvalue weighted by molar-refractivity contribution is 5.29. The maximum absolute atomic E-state index is 5.93. The summed E-state index contributed by atoms with van der Waals surface area (Å²) in [6.45, 7) is 2.39. The molecule has 2 rings (SSSR count). The first-order valence-corrected chi connectivity index (χ1v) is 6.00. The zero-order valence-electron chi connectivity index (χ0n) is 10.4.